The summed E-state index contributed by atoms with van der Waals surface area (Å²) in [5, 5.41) is 2.72. The van der Waals surface area contributed by atoms with E-state index < -0.39 is 0 Å². The van der Waals surface area contributed by atoms with E-state index in [2.05, 4.69) is 5.32 Å². The van der Waals surface area contributed by atoms with Crippen LogP contribution in [-0.4, -0.2) is 69.5 Å². The first-order valence-corrected chi connectivity index (χ1v) is 5.28. The van der Waals surface area contributed by atoms with Crippen LogP contribution >= 0.6 is 0 Å². The summed E-state index contributed by atoms with van der Waals surface area (Å²) in [5.41, 5.74) is 0. The van der Waals surface area contributed by atoms with Crippen LogP contribution in [0.1, 0.15) is 6.42 Å². The fourth-order valence-corrected chi connectivity index (χ4v) is 0.903. The molecule has 5 nitrogen and oxygen atoms in total. The molecule has 0 spiro atoms. The molecule has 0 fully saturated rings. The molecule has 107 valence electrons. The zero-order valence-corrected chi connectivity index (χ0v) is 18.7. The molecule has 0 unspecified atom stereocenters. The minimum atomic E-state index is -0.215. The van der Waals surface area contributed by atoms with Crippen molar-refractivity contribution in [3.8, 4) is 0 Å². The smallest absolute Gasteiger partial charge is 0.231 e. The quantitative estimate of drug-likeness (QED) is 0.271. The predicted octanol–water partition coefficient (Wildman–Crippen LogP) is -0.0633. The first-order valence-electron chi connectivity index (χ1n) is 5.28. The number of rotatable bonds is 7. The first-order chi connectivity index (χ1) is 7.20. The van der Waals surface area contributed by atoms with Gasteiger partial charge in [-0.15, -0.1) is 0 Å². The van der Waals surface area contributed by atoms with Crippen molar-refractivity contribution in [2.45, 2.75) is 6.42 Å². The topological polar surface area (TPSA) is 49.4 Å². The summed E-state index contributed by atoms with van der Waals surface area (Å²) in [6.07, 6.45) is 1.47. The fraction of sp³-hybridized carbons (Fsp3) is 0.667. The van der Waals surface area contributed by atoms with E-state index in [9.17, 15) is 9.59 Å². The Labute approximate surface area is 168 Å². The summed E-state index contributed by atoms with van der Waals surface area (Å²) in [5.74, 6) is -0.347. The molecule has 0 aliphatic rings. The van der Waals surface area contributed by atoms with Crippen LogP contribution in [0.5, 0.6) is 0 Å². The van der Waals surface area contributed by atoms with Crippen LogP contribution in [0.4, 0.5) is 0 Å². The number of ketones is 1. The fourth-order valence-electron chi connectivity index (χ4n) is 0.903. The van der Waals surface area contributed by atoms with E-state index in [0.717, 1.165) is 0 Å². The second-order valence-electron chi connectivity index (χ2n) is 5.16. The van der Waals surface area contributed by atoms with E-state index in [-0.39, 0.29) is 91.0 Å². The zero-order chi connectivity index (χ0) is 12.8. The van der Waals surface area contributed by atoms with Gasteiger partial charge < -0.3 is 22.1 Å². The third kappa shape index (κ3) is 21.7. The number of amides is 1. The number of quaternary nitrogens is 1. The molecule has 1 amide bonds. The Bertz CT molecular complexity index is 254. The van der Waals surface area contributed by atoms with E-state index in [4.69, 9.17) is 0 Å². The predicted molar refractivity (Wildman–Crippen MR) is 69.9 cm³/mol. The van der Waals surface area contributed by atoms with Crippen molar-refractivity contribution in [2.75, 3.05) is 48.5 Å². The van der Waals surface area contributed by atoms with Crippen molar-refractivity contribution in [1.29, 1.82) is 0 Å². The van der Waals surface area contributed by atoms with Gasteiger partial charge in [0.1, 0.15) is 5.78 Å². The van der Waals surface area contributed by atoms with Gasteiger partial charge in [-0.3, -0.25) is 9.59 Å². The Hall–Kier alpha value is 1.27. The Balaban J connectivity index is -0.000000375. The number of nitrogens with one attached hydrogen (secondary N) is 1. The molecular weight excluding hydrogens is 396 g/mol. The summed E-state index contributed by atoms with van der Waals surface area (Å²) in [6.45, 7) is 1.10. The van der Waals surface area contributed by atoms with Crippen LogP contribution in [0.25, 0.3) is 0 Å². The van der Waals surface area contributed by atoms with Crippen molar-refractivity contribution in [3.63, 3.8) is 0 Å². The number of Topliss-reactive ketones (excluding diaryl/α,β-unsaturated/α-hetero) is 1. The SMILES string of the molecule is CN(C)C[CH]C(=O)CC(=O)NC[N+](C)(C)C.[CH3-].[Y].[Y]. The minimum absolute atomic E-state index is 0. The van der Waals surface area contributed by atoms with Crippen LogP contribution < -0.4 is 5.32 Å². The minimum Gasteiger partial charge on any atom is -0.358 e. The average Bonchev–Trinajstić information content (AvgIpc) is 2.10. The number of hydrogen-bond donors (Lipinski definition) is 1. The Morgan fingerprint density at radius 2 is 1.63 bits per heavy atom. The largest absolute Gasteiger partial charge is 0.358 e. The van der Waals surface area contributed by atoms with Gasteiger partial charge in [0, 0.05) is 78.4 Å². The second kappa shape index (κ2) is 14.2. The molecule has 0 aromatic heterocycles. The van der Waals surface area contributed by atoms with Gasteiger partial charge in [-0.2, -0.15) is 0 Å². The molecule has 0 aromatic carbocycles. The molecule has 19 heavy (non-hydrogen) atoms. The summed E-state index contributed by atoms with van der Waals surface area (Å²) >= 11 is 0. The molecule has 0 aromatic rings. The van der Waals surface area contributed by atoms with Crippen molar-refractivity contribution >= 4 is 11.7 Å². The summed E-state index contributed by atoms with van der Waals surface area (Å²) in [6, 6.07) is 0. The molecule has 0 atom stereocenters. The molecule has 7 heteroatoms. The van der Waals surface area contributed by atoms with Gasteiger partial charge in [0.2, 0.25) is 5.91 Å². The maximum absolute atomic E-state index is 11.4. The van der Waals surface area contributed by atoms with E-state index in [0.29, 0.717) is 17.7 Å². The second-order valence-corrected chi connectivity index (χ2v) is 5.16. The molecule has 0 aliphatic carbocycles. The monoisotopic (exact) mass is 422 g/mol. The van der Waals surface area contributed by atoms with E-state index in [1.54, 1.807) is 0 Å². The number of carbonyl (C=O) groups excluding carboxylic acids is 2. The molecule has 0 saturated heterocycles. The summed E-state index contributed by atoms with van der Waals surface area (Å²) < 4.78 is 0.640. The maximum Gasteiger partial charge on any atom is 0.231 e. The Kier molecular flexibility index (Phi) is 21.3. The molecule has 3 radical (unpaired) electrons. The molecule has 1 N–H and O–H groups in total. The van der Waals surface area contributed by atoms with E-state index in [1.807, 2.05) is 40.1 Å². The number of hydrogen-bond acceptors (Lipinski definition) is 3. The third-order valence-corrected chi connectivity index (χ3v) is 1.77. The van der Waals surface area contributed by atoms with Crippen LogP contribution in [-0.2, 0) is 75.0 Å². The van der Waals surface area contributed by atoms with Gasteiger partial charge in [0.05, 0.1) is 27.6 Å². The van der Waals surface area contributed by atoms with Crippen molar-refractivity contribution in [3.05, 3.63) is 13.8 Å². The van der Waals surface area contributed by atoms with Crippen LogP contribution in [0, 0.1) is 13.8 Å². The van der Waals surface area contributed by atoms with Gasteiger partial charge in [-0.25, -0.2) is 0 Å². The van der Waals surface area contributed by atoms with Crippen molar-refractivity contribution in [2.24, 2.45) is 0 Å². The molecule has 0 saturated carbocycles. The normalized spacial score (nSPS) is 9.79. The summed E-state index contributed by atoms with van der Waals surface area (Å²) in [4.78, 5) is 24.6. The van der Waals surface area contributed by atoms with Crippen LogP contribution in [0.15, 0.2) is 0 Å². The van der Waals surface area contributed by atoms with Gasteiger partial charge >= 0.3 is 0 Å². The summed E-state index contributed by atoms with van der Waals surface area (Å²) in [7, 11) is 9.67. The molecule has 0 bridgehead atoms. The Morgan fingerprint density at radius 1 is 1.16 bits per heavy atom. The van der Waals surface area contributed by atoms with Crippen LogP contribution in [0.3, 0.4) is 0 Å². The molecular formula is C12H26N3O2Y2. The molecule has 0 rings (SSSR count). The number of carbonyl (C=O) groups is 2. The van der Waals surface area contributed by atoms with Crippen molar-refractivity contribution in [1.82, 2.24) is 10.2 Å². The van der Waals surface area contributed by atoms with Gasteiger partial charge in [-0.05, 0) is 14.1 Å². The maximum atomic E-state index is 11.4. The van der Waals surface area contributed by atoms with Gasteiger partial charge in [0.25, 0.3) is 0 Å². The van der Waals surface area contributed by atoms with Gasteiger partial charge in [-0.1, -0.05) is 0 Å². The first kappa shape index (κ1) is 28.4. The van der Waals surface area contributed by atoms with E-state index in [1.165, 1.54) is 6.42 Å². The van der Waals surface area contributed by atoms with Crippen LogP contribution in [0.2, 0.25) is 0 Å². The molecule has 0 heterocycles. The Morgan fingerprint density at radius 3 is 2.00 bits per heavy atom. The number of nitrogens with zero attached hydrogens (tertiary/aromatic N) is 2. The van der Waals surface area contributed by atoms with Crippen molar-refractivity contribution < 1.29 is 79.5 Å². The zero-order valence-electron chi connectivity index (χ0n) is 13.1. The van der Waals surface area contributed by atoms with Gasteiger partial charge in [0.15, 0.2) is 6.67 Å². The third-order valence-electron chi connectivity index (χ3n) is 1.77. The molecule has 0 aliphatic heterocycles. The van der Waals surface area contributed by atoms with E-state index >= 15 is 0 Å². The standard InChI is InChI=1S/C11H22N3O2.CH3.2Y/c1-13(2)7-6-10(15)8-11(16)12-9-14(3,4)5;;;/h6H,7-9H2,1-5H3;1H3;;/q;-1;;/p+1. The average molecular weight is 422 g/mol.